The molecule has 1 N–H and O–H groups in total. The van der Waals surface area contributed by atoms with Gasteiger partial charge in [0.1, 0.15) is 23.8 Å². The van der Waals surface area contributed by atoms with E-state index in [1.807, 2.05) is 0 Å². The van der Waals surface area contributed by atoms with Gasteiger partial charge < -0.3 is 24.2 Å². The van der Waals surface area contributed by atoms with Crippen LogP contribution in [0.25, 0.3) is 11.3 Å². The Morgan fingerprint density at radius 1 is 1.18 bits per heavy atom. The van der Waals surface area contributed by atoms with Crippen molar-refractivity contribution in [2.24, 2.45) is 5.92 Å². The average Bonchev–Trinajstić information content (AvgIpc) is 3.39. The van der Waals surface area contributed by atoms with Crippen LogP contribution in [-0.2, 0) is 20.9 Å². The van der Waals surface area contributed by atoms with Crippen LogP contribution in [0.3, 0.4) is 0 Å². The van der Waals surface area contributed by atoms with Crippen molar-refractivity contribution >= 4 is 40.8 Å². The maximum absolute atomic E-state index is 14.8. The number of fused-ring (bicyclic) bond motifs is 2. The molecule has 40 heavy (non-hydrogen) atoms. The molecule has 6 rings (SSSR count). The van der Waals surface area contributed by atoms with Gasteiger partial charge in [-0.2, -0.15) is 0 Å². The fraction of sp³-hybridized carbons (Fsp3) is 0.414. The van der Waals surface area contributed by atoms with Crippen LogP contribution < -0.4 is 10.2 Å². The van der Waals surface area contributed by atoms with Gasteiger partial charge in [0.15, 0.2) is 0 Å². The van der Waals surface area contributed by atoms with Gasteiger partial charge in [-0.05, 0) is 56.0 Å². The average molecular weight is 588 g/mol. The highest BCUT2D eigenvalue weighted by molar-refractivity contribution is 6.39. The molecule has 0 unspecified atom stereocenters. The van der Waals surface area contributed by atoms with E-state index in [0.717, 1.165) is 49.2 Å². The van der Waals surface area contributed by atoms with E-state index in [0.29, 0.717) is 33.8 Å². The first-order valence-electron chi connectivity index (χ1n) is 13.3. The number of nitrogens with zero attached hydrogens (tertiary/aromatic N) is 2. The molecule has 3 aromatic rings. The monoisotopic (exact) mass is 587 g/mol. The smallest absolute Gasteiger partial charge is 0.325 e. The Morgan fingerprint density at radius 3 is 2.60 bits per heavy atom. The highest BCUT2D eigenvalue weighted by atomic mass is 35.5. The van der Waals surface area contributed by atoms with E-state index in [1.54, 1.807) is 24.3 Å². The number of halogens is 3. The minimum atomic E-state index is -0.664. The fourth-order valence-electron chi connectivity index (χ4n) is 5.85. The zero-order valence-electron chi connectivity index (χ0n) is 21.8. The van der Waals surface area contributed by atoms with Gasteiger partial charge in [-0.25, -0.2) is 4.39 Å². The van der Waals surface area contributed by atoms with E-state index >= 15 is 0 Å². The Bertz CT molecular complexity index is 1440. The Morgan fingerprint density at radius 2 is 1.95 bits per heavy atom. The number of carbonyl (C=O) groups excluding carboxylic acids is 2. The number of anilines is 1. The maximum atomic E-state index is 14.8. The predicted molar refractivity (Wildman–Crippen MR) is 147 cm³/mol. The summed E-state index contributed by atoms with van der Waals surface area (Å²) in [5.41, 5.74) is 2.80. The number of carbonyl (C=O) groups is 2. The standard InChI is InChI=1S/C29H28Cl2FN3O5/c1-38-25(36)12-33-29(37)19-8-7-17(10-23(19)32)35-13-16-9-18(35)11-24(16)39-14-20-27(34-40-28(20)15-5-6-15)26-21(30)3-2-4-22(26)31/h2-4,7-8,10,15-16,18,24H,5-6,9,11-14H2,1H3,(H,33,37)/t16-,18-,24+/m0/s1. The van der Waals surface area contributed by atoms with Gasteiger partial charge in [-0.3, -0.25) is 9.59 Å². The number of hydrogen-bond donors (Lipinski definition) is 1. The van der Waals surface area contributed by atoms with E-state index in [2.05, 4.69) is 20.1 Å². The second kappa shape index (κ2) is 11.0. The van der Waals surface area contributed by atoms with Crippen molar-refractivity contribution in [1.29, 1.82) is 0 Å². The van der Waals surface area contributed by atoms with Crippen LogP contribution in [0.1, 0.15) is 53.3 Å². The zero-order chi connectivity index (χ0) is 28.0. The molecule has 2 aromatic carbocycles. The molecule has 210 valence electrons. The van der Waals surface area contributed by atoms with Gasteiger partial charge in [0.05, 0.1) is 35.4 Å². The van der Waals surface area contributed by atoms with Crippen LogP contribution in [-0.4, -0.2) is 49.4 Å². The molecule has 8 nitrogen and oxygen atoms in total. The minimum absolute atomic E-state index is 0.0472. The second-order valence-corrected chi connectivity index (χ2v) is 11.4. The molecule has 1 aliphatic heterocycles. The number of methoxy groups -OCH3 is 1. The second-order valence-electron chi connectivity index (χ2n) is 10.6. The van der Waals surface area contributed by atoms with E-state index in [1.165, 1.54) is 19.2 Å². The van der Waals surface area contributed by atoms with Crippen molar-refractivity contribution in [2.45, 2.75) is 50.4 Å². The van der Waals surface area contributed by atoms with E-state index in [9.17, 15) is 14.0 Å². The number of ether oxygens (including phenoxy) is 2. The van der Waals surface area contributed by atoms with Gasteiger partial charge in [0.25, 0.3) is 5.91 Å². The summed E-state index contributed by atoms with van der Waals surface area (Å²) in [7, 11) is 1.22. The van der Waals surface area contributed by atoms with Crippen molar-refractivity contribution in [3.05, 3.63) is 69.1 Å². The largest absolute Gasteiger partial charge is 0.468 e. The summed E-state index contributed by atoms with van der Waals surface area (Å²) in [6, 6.07) is 10.1. The normalized spacial score (nSPS) is 21.6. The Hall–Kier alpha value is -3.14. The third kappa shape index (κ3) is 5.18. The molecule has 0 spiro atoms. The molecule has 11 heteroatoms. The predicted octanol–water partition coefficient (Wildman–Crippen LogP) is 5.75. The number of amides is 1. The summed E-state index contributed by atoms with van der Waals surface area (Å²) in [5.74, 6) is -0.428. The molecule has 2 aliphatic carbocycles. The maximum Gasteiger partial charge on any atom is 0.325 e. The SMILES string of the molecule is COC(=O)CNC(=O)c1ccc(N2C[C@@H]3C[C@H]2C[C@H]3OCc2c(-c3c(Cl)cccc3Cl)noc2C2CC2)cc1F. The van der Waals surface area contributed by atoms with E-state index < -0.39 is 17.7 Å². The van der Waals surface area contributed by atoms with Crippen molar-refractivity contribution in [3.63, 3.8) is 0 Å². The van der Waals surface area contributed by atoms with Gasteiger partial charge >= 0.3 is 5.97 Å². The molecule has 1 amide bonds. The zero-order valence-corrected chi connectivity index (χ0v) is 23.3. The lowest BCUT2D eigenvalue weighted by Gasteiger charge is -2.33. The van der Waals surface area contributed by atoms with Crippen LogP contribution in [0.5, 0.6) is 0 Å². The Balaban J connectivity index is 1.12. The number of esters is 1. The number of benzene rings is 2. The number of hydrogen-bond acceptors (Lipinski definition) is 7. The third-order valence-corrected chi connectivity index (χ3v) is 8.66. The topological polar surface area (TPSA) is 93.9 Å². The van der Waals surface area contributed by atoms with Gasteiger partial charge in [0.2, 0.25) is 0 Å². The molecule has 2 heterocycles. The number of nitrogens with one attached hydrogen (secondary N) is 1. The molecule has 1 aromatic heterocycles. The highest BCUT2D eigenvalue weighted by Gasteiger charge is 2.46. The Kier molecular flexibility index (Phi) is 7.46. The van der Waals surface area contributed by atoms with E-state index in [-0.39, 0.29) is 30.2 Å². The Labute approximate surface area is 240 Å². The van der Waals surface area contributed by atoms with Crippen molar-refractivity contribution < 1.29 is 28.0 Å². The summed E-state index contributed by atoms with van der Waals surface area (Å²) in [6.07, 6.45) is 3.91. The van der Waals surface area contributed by atoms with Crippen LogP contribution >= 0.6 is 23.2 Å². The van der Waals surface area contributed by atoms with E-state index in [4.69, 9.17) is 32.5 Å². The molecule has 1 saturated heterocycles. The van der Waals surface area contributed by atoms with Gasteiger partial charge in [-0.15, -0.1) is 0 Å². The summed E-state index contributed by atoms with van der Waals surface area (Å²) >= 11 is 13.0. The first kappa shape index (κ1) is 27.1. The minimum Gasteiger partial charge on any atom is -0.468 e. The van der Waals surface area contributed by atoms with Crippen LogP contribution in [0.2, 0.25) is 10.0 Å². The molecular formula is C29H28Cl2FN3O5. The first-order chi connectivity index (χ1) is 19.3. The fourth-order valence-corrected chi connectivity index (χ4v) is 6.43. The lowest BCUT2D eigenvalue weighted by atomic mass is 10.0. The first-order valence-corrected chi connectivity index (χ1v) is 14.0. The van der Waals surface area contributed by atoms with Crippen molar-refractivity contribution in [1.82, 2.24) is 10.5 Å². The van der Waals surface area contributed by atoms with Crippen molar-refractivity contribution in [3.8, 4) is 11.3 Å². The number of piperidine rings is 1. The molecule has 3 fully saturated rings. The molecular weight excluding hydrogens is 560 g/mol. The van der Waals surface area contributed by atoms with Crippen LogP contribution in [0.15, 0.2) is 40.9 Å². The summed E-state index contributed by atoms with van der Waals surface area (Å²) in [5, 5.41) is 7.74. The number of aromatic nitrogens is 1. The number of rotatable bonds is 9. The lowest BCUT2D eigenvalue weighted by molar-refractivity contribution is -0.139. The summed E-state index contributed by atoms with van der Waals surface area (Å²) in [6.45, 7) is 0.757. The quantitative estimate of drug-likeness (QED) is 0.318. The van der Waals surface area contributed by atoms with Crippen LogP contribution in [0, 0.1) is 11.7 Å². The van der Waals surface area contributed by atoms with Crippen LogP contribution in [0.4, 0.5) is 10.1 Å². The summed E-state index contributed by atoms with van der Waals surface area (Å²) < 4.78 is 31.6. The molecule has 2 saturated carbocycles. The van der Waals surface area contributed by atoms with Gasteiger partial charge in [0, 0.05) is 41.2 Å². The lowest BCUT2D eigenvalue weighted by Crippen LogP contribution is -2.38. The van der Waals surface area contributed by atoms with Gasteiger partial charge in [-0.1, -0.05) is 34.4 Å². The molecule has 2 bridgehead atoms. The summed E-state index contributed by atoms with van der Waals surface area (Å²) in [4.78, 5) is 25.7. The molecule has 3 atom stereocenters. The third-order valence-electron chi connectivity index (χ3n) is 8.03. The highest BCUT2D eigenvalue weighted by Crippen LogP contribution is 2.47. The molecule has 0 radical (unpaired) electrons. The van der Waals surface area contributed by atoms with Crippen molar-refractivity contribution in [2.75, 3.05) is 25.1 Å². The molecule has 3 aliphatic rings.